The monoisotopic (exact) mass is 499 g/mol. The van der Waals surface area contributed by atoms with Crippen LogP contribution in [-0.2, 0) is 0 Å². The van der Waals surface area contributed by atoms with Gasteiger partial charge in [-0.1, -0.05) is 19.8 Å². The normalized spacial score (nSPS) is 16.1. The molecule has 3 N–H and O–H groups in total. The Morgan fingerprint density at radius 2 is 1.91 bits per heavy atom. The van der Waals surface area contributed by atoms with E-state index in [-0.39, 0.29) is 11.6 Å². The topological polar surface area (TPSA) is 125 Å². The minimum absolute atomic E-state index is 0.0523. The van der Waals surface area contributed by atoms with Gasteiger partial charge in [-0.2, -0.15) is 4.98 Å². The van der Waals surface area contributed by atoms with Gasteiger partial charge in [0.15, 0.2) is 0 Å². The van der Waals surface area contributed by atoms with Crippen LogP contribution in [0.15, 0.2) is 35.4 Å². The van der Waals surface area contributed by atoms with Gasteiger partial charge in [0.05, 0.1) is 11.9 Å². The first-order chi connectivity index (χ1) is 17.0. The average molecular weight is 500 g/mol. The summed E-state index contributed by atoms with van der Waals surface area (Å²) in [4.78, 5) is 40.2. The fraction of sp³-hybridized carbons (Fsp3) is 0.458. The lowest BCUT2D eigenvalue weighted by atomic mass is 10.1. The van der Waals surface area contributed by atoms with Crippen LogP contribution in [0.2, 0.25) is 0 Å². The molecule has 0 unspecified atom stereocenters. The fourth-order valence-electron chi connectivity index (χ4n) is 4.52. The van der Waals surface area contributed by atoms with Crippen molar-refractivity contribution in [1.82, 2.24) is 24.8 Å². The molecule has 3 aromatic heterocycles. The van der Waals surface area contributed by atoms with Crippen molar-refractivity contribution in [1.29, 1.82) is 0 Å². The van der Waals surface area contributed by atoms with E-state index in [9.17, 15) is 14.7 Å². The summed E-state index contributed by atoms with van der Waals surface area (Å²) in [6.07, 6.45) is 7.06. The number of anilines is 3. The standard InChI is InChI=1S/C22H25N7O3.C2H5Cl/c30-20-17(21(31)32)11-14-12-25-22(27-19(14)29(20)15-3-1-2-4-15)26-18-6-5-16(13-24-18)28-9-7-23-8-10-28;1-2-3/h5-6,11-13,15,23H,1-4,7-10H2,(H,31,32)(H,24,25,26,27);2H2,1H3. The van der Waals surface area contributed by atoms with Gasteiger partial charge in [-0.25, -0.2) is 14.8 Å². The number of piperazine rings is 1. The number of hydrogen-bond donors (Lipinski definition) is 3. The summed E-state index contributed by atoms with van der Waals surface area (Å²) in [7, 11) is 0. The van der Waals surface area contributed by atoms with Crippen molar-refractivity contribution in [2.45, 2.75) is 38.6 Å². The zero-order valence-electron chi connectivity index (χ0n) is 19.7. The van der Waals surface area contributed by atoms with E-state index in [0.29, 0.717) is 22.8 Å². The fourth-order valence-corrected chi connectivity index (χ4v) is 4.52. The van der Waals surface area contributed by atoms with Crippen LogP contribution in [0, 0.1) is 0 Å². The van der Waals surface area contributed by atoms with Gasteiger partial charge in [0.1, 0.15) is 17.0 Å². The first-order valence-electron chi connectivity index (χ1n) is 11.9. The predicted octanol–water partition coefficient (Wildman–Crippen LogP) is 3.40. The van der Waals surface area contributed by atoms with E-state index < -0.39 is 11.5 Å². The Kier molecular flexibility index (Phi) is 8.14. The van der Waals surface area contributed by atoms with E-state index in [0.717, 1.165) is 63.4 Å². The van der Waals surface area contributed by atoms with Crippen LogP contribution in [0.4, 0.5) is 17.5 Å². The largest absolute Gasteiger partial charge is 0.477 e. The summed E-state index contributed by atoms with van der Waals surface area (Å²) < 4.78 is 1.54. The van der Waals surface area contributed by atoms with Crippen LogP contribution < -0.4 is 21.1 Å². The number of fused-ring (bicyclic) bond motifs is 1. The number of carboxylic acids is 1. The minimum atomic E-state index is -1.24. The third-order valence-electron chi connectivity index (χ3n) is 6.16. The van der Waals surface area contributed by atoms with Crippen molar-refractivity contribution in [3.63, 3.8) is 0 Å². The highest BCUT2D eigenvalue weighted by atomic mass is 35.5. The molecule has 2 aliphatic rings. The predicted molar refractivity (Wildman–Crippen MR) is 137 cm³/mol. The van der Waals surface area contributed by atoms with Gasteiger partial charge in [-0.3, -0.25) is 9.36 Å². The van der Waals surface area contributed by atoms with Crippen LogP contribution >= 0.6 is 11.6 Å². The van der Waals surface area contributed by atoms with Crippen molar-refractivity contribution < 1.29 is 9.90 Å². The second kappa shape index (κ2) is 11.5. The van der Waals surface area contributed by atoms with Crippen molar-refractivity contribution in [2.75, 3.05) is 42.3 Å². The average Bonchev–Trinajstić information content (AvgIpc) is 3.39. The summed E-state index contributed by atoms with van der Waals surface area (Å²) in [5, 5.41) is 16.4. The van der Waals surface area contributed by atoms with Gasteiger partial charge >= 0.3 is 5.97 Å². The number of alkyl halides is 1. The van der Waals surface area contributed by atoms with Crippen molar-refractivity contribution >= 4 is 46.1 Å². The molecule has 35 heavy (non-hydrogen) atoms. The number of nitrogens with zero attached hydrogens (tertiary/aromatic N) is 5. The molecule has 3 aromatic rings. The summed E-state index contributed by atoms with van der Waals surface area (Å²) in [5.41, 5.74) is 0.744. The number of carboxylic acid groups (broad SMARTS) is 1. The third kappa shape index (κ3) is 5.71. The molecule has 0 radical (unpaired) electrons. The van der Waals surface area contributed by atoms with Crippen LogP contribution in [0.3, 0.4) is 0 Å². The molecule has 5 rings (SSSR count). The summed E-state index contributed by atoms with van der Waals surface area (Å²) in [6.45, 7) is 5.69. The Morgan fingerprint density at radius 3 is 2.54 bits per heavy atom. The lowest BCUT2D eigenvalue weighted by molar-refractivity contribution is 0.0694. The highest BCUT2D eigenvalue weighted by molar-refractivity contribution is 6.17. The van der Waals surface area contributed by atoms with Crippen molar-refractivity contribution in [3.8, 4) is 0 Å². The zero-order chi connectivity index (χ0) is 24.8. The number of carbonyl (C=O) groups is 1. The lowest BCUT2D eigenvalue weighted by Gasteiger charge is -2.29. The molecule has 0 spiro atoms. The third-order valence-corrected chi connectivity index (χ3v) is 6.16. The first kappa shape index (κ1) is 24.9. The molecular weight excluding hydrogens is 470 g/mol. The lowest BCUT2D eigenvalue weighted by Crippen LogP contribution is -2.43. The van der Waals surface area contributed by atoms with E-state index in [2.05, 4.69) is 30.5 Å². The highest BCUT2D eigenvalue weighted by Crippen LogP contribution is 2.31. The van der Waals surface area contributed by atoms with Crippen LogP contribution in [-0.4, -0.2) is 62.7 Å². The Balaban J connectivity index is 0.000000917. The quantitative estimate of drug-likeness (QED) is 0.453. The number of hydrogen-bond acceptors (Lipinski definition) is 8. The van der Waals surface area contributed by atoms with Gasteiger partial charge in [0.25, 0.3) is 5.56 Å². The Labute approximate surface area is 208 Å². The highest BCUT2D eigenvalue weighted by Gasteiger charge is 2.24. The summed E-state index contributed by atoms with van der Waals surface area (Å²) in [5.74, 6) is 0.397. The van der Waals surface area contributed by atoms with Crippen molar-refractivity contribution in [2.24, 2.45) is 0 Å². The molecule has 0 bridgehead atoms. The van der Waals surface area contributed by atoms with Gasteiger partial charge in [-0.15, -0.1) is 11.6 Å². The van der Waals surface area contributed by atoms with Crippen LogP contribution in [0.1, 0.15) is 49.0 Å². The number of nitrogens with one attached hydrogen (secondary N) is 2. The van der Waals surface area contributed by atoms with Gasteiger partial charge in [0.2, 0.25) is 5.95 Å². The van der Waals surface area contributed by atoms with Crippen LogP contribution in [0.5, 0.6) is 0 Å². The van der Waals surface area contributed by atoms with E-state index in [1.54, 1.807) is 10.8 Å². The molecule has 1 aliphatic carbocycles. The molecule has 1 aliphatic heterocycles. The molecule has 10 nitrogen and oxygen atoms in total. The maximum atomic E-state index is 12.9. The van der Waals surface area contributed by atoms with Gasteiger partial charge in [0, 0.05) is 49.7 Å². The smallest absolute Gasteiger partial charge is 0.341 e. The summed E-state index contributed by atoms with van der Waals surface area (Å²) >= 11 is 5.00. The second-order valence-electron chi connectivity index (χ2n) is 8.48. The van der Waals surface area contributed by atoms with E-state index >= 15 is 0 Å². The molecular formula is C24H30ClN7O3. The van der Waals surface area contributed by atoms with Crippen molar-refractivity contribution in [3.05, 3.63) is 46.5 Å². The number of pyridine rings is 2. The molecule has 1 saturated carbocycles. The van der Waals surface area contributed by atoms with E-state index in [1.165, 1.54) is 6.07 Å². The van der Waals surface area contributed by atoms with E-state index in [1.807, 2.05) is 25.3 Å². The SMILES string of the molecule is CCCl.O=C(O)c1cc2cnc(Nc3ccc(N4CCNCC4)cn3)nc2n(C2CCCC2)c1=O. The van der Waals surface area contributed by atoms with E-state index in [4.69, 9.17) is 11.6 Å². The Morgan fingerprint density at radius 1 is 1.20 bits per heavy atom. The number of aromatic nitrogens is 4. The Hall–Kier alpha value is -3.24. The first-order valence-corrected chi connectivity index (χ1v) is 12.5. The molecule has 0 aromatic carbocycles. The summed E-state index contributed by atoms with van der Waals surface area (Å²) in [6, 6.07) is 5.19. The number of aromatic carboxylic acids is 1. The minimum Gasteiger partial charge on any atom is -0.477 e. The second-order valence-corrected chi connectivity index (χ2v) is 9.01. The molecule has 11 heteroatoms. The molecule has 2 fully saturated rings. The maximum Gasteiger partial charge on any atom is 0.341 e. The molecule has 4 heterocycles. The van der Waals surface area contributed by atoms with Gasteiger partial charge < -0.3 is 20.6 Å². The van der Waals surface area contributed by atoms with Gasteiger partial charge in [-0.05, 0) is 31.0 Å². The molecule has 0 amide bonds. The van der Waals surface area contributed by atoms with Crippen LogP contribution in [0.25, 0.3) is 11.0 Å². The molecule has 0 atom stereocenters. The molecule has 186 valence electrons. The molecule has 1 saturated heterocycles. The zero-order valence-corrected chi connectivity index (χ0v) is 20.5. The maximum absolute atomic E-state index is 12.9. The number of rotatable bonds is 5. The number of halogens is 1. The Bertz CT molecular complexity index is 1220.